The lowest BCUT2D eigenvalue weighted by molar-refractivity contribution is -0.130. The Labute approximate surface area is 175 Å². The summed E-state index contributed by atoms with van der Waals surface area (Å²) in [6.45, 7) is 3.12. The van der Waals surface area contributed by atoms with Gasteiger partial charge in [0.1, 0.15) is 17.5 Å². The number of halogens is 3. The molecule has 160 valence electrons. The van der Waals surface area contributed by atoms with Crippen molar-refractivity contribution in [1.82, 2.24) is 9.80 Å². The lowest BCUT2D eigenvalue weighted by atomic mass is 9.87. The minimum atomic E-state index is -0.657. The van der Waals surface area contributed by atoms with Crippen molar-refractivity contribution in [3.05, 3.63) is 71.0 Å². The summed E-state index contributed by atoms with van der Waals surface area (Å²) in [5.74, 6) is -1.62. The molecule has 0 saturated carbocycles. The first-order valence-corrected chi connectivity index (χ1v) is 10.7. The van der Waals surface area contributed by atoms with Crippen molar-refractivity contribution in [1.29, 1.82) is 0 Å². The highest BCUT2D eigenvalue weighted by molar-refractivity contribution is 5.78. The fourth-order valence-electron chi connectivity index (χ4n) is 5.05. The molecule has 2 heterocycles. The third-order valence-electron chi connectivity index (χ3n) is 6.58. The summed E-state index contributed by atoms with van der Waals surface area (Å²) < 4.78 is 40.1. The monoisotopic (exact) mass is 416 g/mol. The third kappa shape index (κ3) is 4.69. The smallest absolute Gasteiger partial charge is 0.226 e. The number of hydrogen-bond acceptors (Lipinski definition) is 2. The van der Waals surface area contributed by atoms with Crippen molar-refractivity contribution in [3.8, 4) is 0 Å². The molecule has 0 bridgehead atoms. The molecule has 0 radical (unpaired) electrons. The molecule has 6 heteroatoms. The summed E-state index contributed by atoms with van der Waals surface area (Å²) in [6.07, 6.45) is 5.05. The summed E-state index contributed by atoms with van der Waals surface area (Å²) in [7, 11) is 0. The fraction of sp³-hybridized carbons (Fsp3) is 0.458. The van der Waals surface area contributed by atoms with Gasteiger partial charge in [-0.15, -0.1) is 0 Å². The molecule has 1 atom stereocenters. The fourth-order valence-corrected chi connectivity index (χ4v) is 5.05. The molecule has 3 nitrogen and oxygen atoms in total. The number of amides is 1. The van der Waals surface area contributed by atoms with E-state index in [9.17, 15) is 18.0 Å². The lowest BCUT2D eigenvalue weighted by Gasteiger charge is -2.38. The Hall–Kier alpha value is -2.34. The van der Waals surface area contributed by atoms with Crippen LogP contribution in [-0.4, -0.2) is 40.9 Å². The third-order valence-corrected chi connectivity index (χ3v) is 6.58. The first-order chi connectivity index (χ1) is 14.4. The quantitative estimate of drug-likeness (QED) is 0.722. The van der Waals surface area contributed by atoms with Gasteiger partial charge < -0.3 is 4.90 Å². The van der Waals surface area contributed by atoms with E-state index >= 15 is 0 Å². The van der Waals surface area contributed by atoms with Crippen molar-refractivity contribution in [2.24, 2.45) is 0 Å². The maximum absolute atomic E-state index is 13.4. The van der Waals surface area contributed by atoms with Crippen LogP contribution in [0.5, 0.6) is 0 Å². The van der Waals surface area contributed by atoms with E-state index in [0.717, 1.165) is 56.8 Å². The summed E-state index contributed by atoms with van der Waals surface area (Å²) in [6, 6.07) is 9.95. The zero-order valence-electron chi connectivity index (χ0n) is 17.0. The zero-order valence-corrected chi connectivity index (χ0v) is 17.0. The first-order valence-electron chi connectivity index (χ1n) is 10.7. The predicted molar refractivity (Wildman–Crippen MR) is 109 cm³/mol. The number of carbonyl (C=O) groups is 1. The normalized spacial score (nSPS) is 22.4. The van der Waals surface area contributed by atoms with Gasteiger partial charge in [0.2, 0.25) is 5.91 Å². The van der Waals surface area contributed by atoms with Gasteiger partial charge in [0.05, 0.1) is 6.42 Å². The van der Waals surface area contributed by atoms with Gasteiger partial charge in [-0.25, -0.2) is 13.2 Å². The van der Waals surface area contributed by atoms with Gasteiger partial charge in [0.25, 0.3) is 0 Å². The van der Waals surface area contributed by atoms with Crippen LogP contribution < -0.4 is 0 Å². The Kier molecular flexibility index (Phi) is 6.14. The Morgan fingerprint density at radius 2 is 1.47 bits per heavy atom. The second-order valence-electron chi connectivity index (χ2n) is 8.56. The summed E-state index contributed by atoms with van der Waals surface area (Å²) in [4.78, 5) is 17.1. The molecule has 2 saturated heterocycles. The van der Waals surface area contributed by atoms with E-state index < -0.39 is 11.6 Å². The second kappa shape index (κ2) is 8.80. The highest BCUT2D eigenvalue weighted by atomic mass is 19.1. The lowest BCUT2D eigenvalue weighted by Crippen LogP contribution is -2.44. The predicted octanol–water partition coefficient (Wildman–Crippen LogP) is 4.69. The van der Waals surface area contributed by atoms with Gasteiger partial charge in [0, 0.05) is 31.2 Å². The van der Waals surface area contributed by atoms with Gasteiger partial charge in [-0.2, -0.15) is 0 Å². The number of hydrogen-bond donors (Lipinski definition) is 0. The molecule has 30 heavy (non-hydrogen) atoms. The molecular formula is C24H27F3N2O. The molecule has 4 rings (SSSR count). The van der Waals surface area contributed by atoms with Crippen LogP contribution in [0.1, 0.15) is 43.2 Å². The molecule has 1 unspecified atom stereocenters. The Balaban J connectivity index is 1.40. The molecule has 1 spiro atoms. The molecule has 1 amide bonds. The Morgan fingerprint density at radius 3 is 2.17 bits per heavy atom. The average molecular weight is 416 g/mol. The largest absolute Gasteiger partial charge is 0.342 e. The first kappa shape index (κ1) is 20.9. The second-order valence-corrected chi connectivity index (χ2v) is 8.56. The molecule has 2 aromatic carbocycles. The molecule has 2 aliphatic rings. The van der Waals surface area contributed by atoms with E-state index in [1.54, 1.807) is 0 Å². The summed E-state index contributed by atoms with van der Waals surface area (Å²) >= 11 is 0. The Bertz CT molecular complexity index is 882. The van der Waals surface area contributed by atoms with E-state index in [0.29, 0.717) is 18.7 Å². The van der Waals surface area contributed by atoms with Gasteiger partial charge >= 0.3 is 0 Å². The highest BCUT2D eigenvalue weighted by Gasteiger charge is 2.41. The number of rotatable bonds is 4. The standard InChI is InChI=1S/C24H27F3N2O/c25-20-5-3-18(4-6-20)17-29-11-2-8-24(29)7-1-10-28(12-9-24)23(30)15-19-13-21(26)16-22(27)14-19/h3-6,13-14,16H,1-2,7-12,15,17H2. The molecule has 2 aliphatic heterocycles. The number of nitrogens with zero attached hydrogens (tertiary/aromatic N) is 2. The van der Waals surface area contributed by atoms with Crippen molar-refractivity contribution in [2.75, 3.05) is 19.6 Å². The van der Waals surface area contributed by atoms with Crippen LogP contribution in [0.25, 0.3) is 0 Å². The van der Waals surface area contributed by atoms with Gasteiger partial charge in [-0.05, 0) is 74.0 Å². The maximum atomic E-state index is 13.4. The average Bonchev–Trinajstić information content (AvgIpc) is 2.93. The molecular weight excluding hydrogens is 389 g/mol. The van der Waals surface area contributed by atoms with E-state index in [1.807, 2.05) is 17.0 Å². The minimum absolute atomic E-state index is 0.0149. The summed E-state index contributed by atoms with van der Waals surface area (Å²) in [5, 5.41) is 0. The van der Waals surface area contributed by atoms with Gasteiger partial charge in [-0.3, -0.25) is 9.69 Å². The number of carbonyl (C=O) groups excluding carboxylic acids is 1. The minimum Gasteiger partial charge on any atom is -0.342 e. The SMILES string of the molecule is O=C(Cc1cc(F)cc(F)c1)N1CCCC2(CCCN2Cc2ccc(F)cc2)CC1. The molecule has 0 aliphatic carbocycles. The van der Waals surface area contributed by atoms with Crippen LogP contribution in [0.4, 0.5) is 13.2 Å². The van der Waals surface area contributed by atoms with E-state index in [1.165, 1.54) is 24.3 Å². The molecule has 0 aromatic heterocycles. The Morgan fingerprint density at radius 1 is 0.800 bits per heavy atom. The van der Waals surface area contributed by atoms with E-state index in [4.69, 9.17) is 0 Å². The van der Waals surface area contributed by atoms with Crippen molar-refractivity contribution < 1.29 is 18.0 Å². The van der Waals surface area contributed by atoms with Crippen LogP contribution in [-0.2, 0) is 17.8 Å². The van der Waals surface area contributed by atoms with Crippen molar-refractivity contribution in [2.45, 2.75) is 50.6 Å². The zero-order chi connectivity index (χ0) is 21.1. The van der Waals surface area contributed by atoms with Gasteiger partial charge in [-0.1, -0.05) is 12.1 Å². The van der Waals surface area contributed by atoms with Crippen LogP contribution >= 0.6 is 0 Å². The van der Waals surface area contributed by atoms with Crippen LogP contribution in [0.15, 0.2) is 42.5 Å². The molecule has 0 N–H and O–H groups in total. The van der Waals surface area contributed by atoms with Crippen LogP contribution in [0.2, 0.25) is 0 Å². The summed E-state index contributed by atoms with van der Waals surface area (Å²) in [5.41, 5.74) is 1.53. The highest BCUT2D eigenvalue weighted by Crippen LogP contribution is 2.39. The van der Waals surface area contributed by atoms with Crippen LogP contribution in [0.3, 0.4) is 0 Å². The molecule has 2 aromatic rings. The van der Waals surface area contributed by atoms with Crippen molar-refractivity contribution >= 4 is 5.91 Å². The van der Waals surface area contributed by atoms with E-state index in [-0.39, 0.29) is 23.7 Å². The number of likely N-dealkylation sites (tertiary alicyclic amines) is 2. The number of benzene rings is 2. The van der Waals surface area contributed by atoms with Crippen LogP contribution in [0, 0.1) is 17.5 Å². The van der Waals surface area contributed by atoms with E-state index in [2.05, 4.69) is 4.90 Å². The van der Waals surface area contributed by atoms with Crippen molar-refractivity contribution in [3.63, 3.8) is 0 Å². The topological polar surface area (TPSA) is 23.6 Å². The van der Waals surface area contributed by atoms with Gasteiger partial charge in [0.15, 0.2) is 0 Å². The maximum Gasteiger partial charge on any atom is 0.226 e. The molecule has 2 fully saturated rings.